The monoisotopic (exact) mass is 172 g/mol. The van der Waals surface area contributed by atoms with Crippen LogP contribution in [0.15, 0.2) is 23.8 Å². The lowest BCUT2D eigenvalue weighted by atomic mass is 9.92. The summed E-state index contributed by atoms with van der Waals surface area (Å²) < 4.78 is 0. The number of aliphatic hydroxyl groups is 1. The highest BCUT2D eigenvalue weighted by Crippen LogP contribution is 2.22. The summed E-state index contributed by atoms with van der Waals surface area (Å²) in [5.74, 6) is 0.120. The first kappa shape index (κ1) is 8.50. The molecule has 60 valence electrons. The van der Waals surface area contributed by atoms with Crippen molar-refractivity contribution in [3.05, 3.63) is 23.8 Å². The van der Waals surface area contributed by atoms with Gasteiger partial charge in [-0.2, -0.15) is 0 Å². The van der Waals surface area contributed by atoms with Crippen molar-refractivity contribution in [3.63, 3.8) is 0 Å². The summed E-state index contributed by atoms with van der Waals surface area (Å²) in [6, 6.07) is 0. The minimum atomic E-state index is -1.02. The zero-order chi connectivity index (χ0) is 8.32. The average molecular weight is 173 g/mol. The predicted octanol–water partition coefficient (Wildman–Crippen LogP) is 1.04. The van der Waals surface area contributed by atoms with Gasteiger partial charge in [0.1, 0.15) is 11.9 Å². The van der Waals surface area contributed by atoms with Crippen LogP contribution < -0.4 is 0 Å². The third-order valence-corrected chi connectivity index (χ3v) is 2.07. The topological polar surface area (TPSA) is 37.3 Å². The Labute approximate surface area is 70.2 Å². The lowest BCUT2D eigenvalue weighted by Gasteiger charge is -2.23. The quantitative estimate of drug-likeness (QED) is 0.499. The summed E-state index contributed by atoms with van der Waals surface area (Å²) in [4.78, 5) is 10.3. The SMILES string of the molecule is O=CC1=CC=CC(O)(CCl)C1. The van der Waals surface area contributed by atoms with Crippen molar-refractivity contribution < 1.29 is 9.90 Å². The van der Waals surface area contributed by atoms with Gasteiger partial charge in [-0.05, 0) is 5.57 Å². The fourth-order valence-corrected chi connectivity index (χ4v) is 1.18. The lowest BCUT2D eigenvalue weighted by molar-refractivity contribution is -0.105. The number of hydrogen-bond donors (Lipinski definition) is 1. The van der Waals surface area contributed by atoms with Gasteiger partial charge in [0.25, 0.3) is 0 Å². The molecule has 1 aliphatic carbocycles. The summed E-state index contributed by atoms with van der Waals surface area (Å²) in [7, 11) is 0. The Hall–Kier alpha value is -0.600. The van der Waals surface area contributed by atoms with Gasteiger partial charge in [-0.1, -0.05) is 18.2 Å². The Morgan fingerprint density at radius 3 is 3.09 bits per heavy atom. The van der Waals surface area contributed by atoms with Gasteiger partial charge in [-0.15, -0.1) is 11.6 Å². The minimum Gasteiger partial charge on any atom is -0.384 e. The Bertz CT molecular complexity index is 220. The van der Waals surface area contributed by atoms with Gasteiger partial charge in [0.05, 0.1) is 5.88 Å². The maximum atomic E-state index is 10.3. The van der Waals surface area contributed by atoms with E-state index < -0.39 is 5.60 Å². The molecule has 0 spiro atoms. The normalized spacial score (nSPS) is 29.8. The van der Waals surface area contributed by atoms with Crippen LogP contribution in [0.4, 0.5) is 0 Å². The van der Waals surface area contributed by atoms with Gasteiger partial charge < -0.3 is 5.11 Å². The van der Waals surface area contributed by atoms with Crippen molar-refractivity contribution in [2.75, 3.05) is 5.88 Å². The first-order valence-electron chi connectivity index (χ1n) is 3.32. The van der Waals surface area contributed by atoms with E-state index in [1.165, 1.54) is 0 Å². The number of alkyl halides is 1. The van der Waals surface area contributed by atoms with E-state index in [4.69, 9.17) is 11.6 Å². The predicted molar refractivity (Wildman–Crippen MR) is 43.6 cm³/mol. The van der Waals surface area contributed by atoms with Crippen LogP contribution in [0.1, 0.15) is 6.42 Å². The number of allylic oxidation sites excluding steroid dienone is 2. The number of rotatable bonds is 2. The number of halogens is 1. The number of carbonyl (C=O) groups is 1. The van der Waals surface area contributed by atoms with E-state index in [1.807, 2.05) is 0 Å². The fraction of sp³-hybridized carbons (Fsp3) is 0.375. The van der Waals surface area contributed by atoms with E-state index in [0.29, 0.717) is 12.0 Å². The third kappa shape index (κ3) is 1.91. The summed E-state index contributed by atoms with van der Waals surface area (Å²) in [5.41, 5.74) is -0.442. The molecule has 1 unspecified atom stereocenters. The molecule has 0 heterocycles. The molecule has 0 aromatic heterocycles. The molecule has 0 aromatic rings. The first-order chi connectivity index (χ1) is 5.20. The Morgan fingerprint density at radius 2 is 2.55 bits per heavy atom. The summed E-state index contributed by atoms with van der Waals surface area (Å²) in [5, 5.41) is 9.56. The van der Waals surface area contributed by atoms with Crippen molar-refractivity contribution in [3.8, 4) is 0 Å². The summed E-state index contributed by atoms with van der Waals surface area (Å²) in [6.45, 7) is 0. The van der Waals surface area contributed by atoms with Gasteiger partial charge in [0, 0.05) is 6.42 Å². The Kier molecular flexibility index (Phi) is 2.47. The lowest BCUT2D eigenvalue weighted by Crippen LogP contribution is -2.30. The highest BCUT2D eigenvalue weighted by atomic mass is 35.5. The van der Waals surface area contributed by atoms with Crippen LogP contribution >= 0.6 is 11.6 Å². The molecule has 0 bridgehead atoms. The average Bonchev–Trinajstić information content (AvgIpc) is 2.05. The molecule has 0 aromatic carbocycles. The molecule has 1 atom stereocenters. The number of hydrogen-bond acceptors (Lipinski definition) is 2. The maximum absolute atomic E-state index is 10.3. The van der Waals surface area contributed by atoms with Crippen molar-refractivity contribution in [2.24, 2.45) is 0 Å². The minimum absolute atomic E-state index is 0.120. The van der Waals surface area contributed by atoms with E-state index in [2.05, 4.69) is 0 Å². The highest BCUT2D eigenvalue weighted by Gasteiger charge is 2.25. The molecule has 0 saturated carbocycles. The van der Waals surface area contributed by atoms with Crippen LogP contribution in [-0.4, -0.2) is 22.9 Å². The standard InChI is InChI=1S/C8H9ClO2/c9-6-8(11)3-1-2-7(4-8)5-10/h1-3,5,11H,4,6H2. The van der Waals surface area contributed by atoms with Gasteiger partial charge in [0.2, 0.25) is 0 Å². The van der Waals surface area contributed by atoms with Crippen molar-refractivity contribution in [1.82, 2.24) is 0 Å². The van der Waals surface area contributed by atoms with Gasteiger partial charge in [-0.3, -0.25) is 4.79 Å². The second-order valence-corrected chi connectivity index (χ2v) is 2.90. The number of carbonyl (C=O) groups excluding carboxylic acids is 1. The molecule has 11 heavy (non-hydrogen) atoms. The van der Waals surface area contributed by atoms with Crippen LogP contribution in [0, 0.1) is 0 Å². The van der Waals surface area contributed by atoms with E-state index in [1.54, 1.807) is 18.2 Å². The molecule has 2 nitrogen and oxygen atoms in total. The Balaban J connectivity index is 2.76. The maximum Gasteiger partial charge on any atom is 0.146 e. The molecule has 1 N–H and O–H groups in total. The fourth-order valence-electron chi connectivity index (χ4n) is 0.995. The van der Waals surface area contributed by atoms with Gasteiger partial charge >= 0.3 is 0 Å². The van der Waals surface area contributed by atoms with Crippen LogP contribution in [0.3, 0.4) is 0 Å². The van der Waals surface area contributed by atoms with Crippen molar-refractivity contribution >= 4 is 17.9 Å². The summed E-state index contributed by atoms with van der Waals surface area (Å²) in [6.07, 6.45) is 5.98. The van der Waals surface area contributed by atoms with Crippen molar-refractivity contribution in [1.29, 1.82) is 0 Å². The van der Waals surface area contributed by atoms with E-state index in [-0.39, 0.29) is 5.88 Å². The zero-order valence-electron chi connectivity index (χ0n) is 5.96. The summed E-state index contributed by atoms with van der Waals surface area (Å²) >= 11 is 5.50. The first-order valence-corrected chi connectivity index (χ1v) is 3.85. The van der Waals surface area contributed by atoms with Crippen LogP contribution in [-0.2, 0) is 4.79 Å². The molecule has 3 heteroatoms. The third-order valence-electron chi connectivity index (χ3n) is 1.61. The van der Waals surface area contributed by atoms with Crippen LogP contribution in [0.5, 0.6) is 0 Å². The number of aldehydes is 1. The van der Waals surface area contributed by atoms with Gasteiger partial charge in [-0.25, -0.2) is 0 Å². The van der Waals surface area contributed by atoms with Crippen LogP contribution in [0.2, 0.25) is 0 Å². The molecule has 0 saturated heterocycles. The molecule has 0 amide bonds. The molecule has 0 radical (unpaired) electrons. The smallest absolute Gasteiger partial charge is 0.146 e. The molecule has 1 aliphatic rings. The molecular weight excluding hydrogens is 164 g/mol. The molecule has 0 aliphatic heterocycles. The highest BCUT2D eigenvalue weighted by molar-refractivity contribution is 6.18. The van der Waals surface area contributed by atoms with E-state index >= 15 is 0 Å². The van der Waals surface area contributed by atoms with E-state index in [0.717, 1.165) is 6.29 Å². The second kappa shape index (κ2) is 3.20. The Morgan fingerprint density at radius 1 is 1.82 bits per heavy atom. The molecule has 1 rings (SSSR count). The zero-order valence-corrected chi connectivity index (χ0v) is 6.71. The molecule has 0 fully saturated rings. The molecular formula is C8H9ClO2. The second-order valence-electron chi connectivity index (χ2n) is 2.63. The largest absolute Gasteiger partial charge is 0.384 e. The van der Waals surface area contributed by atoms with Crippen molar-refractivity contribution in [2.45, 2.75) is 12.0 Å². The van der Waals surface area contributed by atoms with Gasteiger partial charge in [0.15, 0.2) is 0 Å². The van der Waals surface area contributed by atoms with Crippen LogP contribution in [0.25, 0.3) is 0 Å². The van der Waals surface area contributed by atoms with E-state index in [9.17, 15) is 9.90 Å².